The molecule has 0 fully saturated rings. The van der Waals surface area contributed by atoms with E-state index in [0.29, 0.717) is 5.69 Å². The van der Waals surface area contributed by atoms with Gasteiger partial charge in [0.25, 0.3) is 17.7 Å². The van der Waals surface area contributed by atoms with E-state index in [1.807, 2.05) is 20.8 Å². The first-order valence-electron chi connectivity index (χ1n) is 9.41. The van der Waals surface area contributed by atoms with Gasteiger partial charge in [0.2, 0.25) is 0 Å². The van der Waals surface area contributed by atoms with Crippen LogP contribution in [0, 0.1) is 5.92 Å². The summed E-state index contributed by atoms with van der Waals surface area (Å²) in [5.41, 5.74) is 1.08. The van der Waals surface area contributed by atoms with E-state index in [1.54, 1.807) is 6.07 Å². The Balaban J connectivity index is 1.85. The van der Waals surface area contributed by atoms with Crippen molar-refractivity contribution in [3.05, 3.63) is 64.7 Å². The number of hydrogen-bond donors (Lipinski definition) is 2. The van der Waals surface area contributed by atoms with Gasteiger partial charge in [-0.25, -0.2) is 4.79 Å². The highest BCUT2D eigenvalue weighted by molar-refractivity contribution is 6.22. The number of aromatic carboxylic acids is 1. The van der Waals surface area contributed by atoms with Crippen LogP contribution in [0.4, 0.5) is 5.69 Å². The first kappa shape index (κ1) is 20.3. The molecule has 1 aliphatic heterocycles. The number of carboxylic acid groups (broad SMARTS) is 1. The van der Waals surface area contributed by atoms with Crippen LogP contribution in [0.3, 0.4) is 0 Å². The molecule has 3 amide bonds. The van der Waals surface area contributed by atoms with Gasteiger partial charge < -0.3 is 10.4 Å². The number of carbonyl (C=O) groups is 4. The van der Waals surface area contributed by atoms with E-state index < -0.39 is 17.8 Å². The molecule has 7 nitrogen and oxygen atoms in total. The van der Waals surface area contributed by atoms with E-state index in [4.69, 9.17) is 5.11 Å². The standard InChI is InChI=1S/C22H22N2O5/c1-4-12(2)13(3)24-20(26)17-9-8-14(11-18(17)21(24)27)19(25)23-16-7-5-6-15(10-16)22(28)29/h5-13H,4H2,1-3H3,(H,23,25)(H,28,29). The van der Waals surface area contributed by atoms with Crippen LogP contribution in [0.2, 0.25) is 0 Å². The smallest absolute Gasteiger partial charge is 0.335 e. The molecule has 29 heavy (non-hydrogen) atoms. The highest BCUT2D eigenvalue weighted by Crippen LogP contribution is 2.29. The normalized spacial score (nSPS) is 15.1. The van der Waals surface area contributed by atoms with Gasteiger partial charge in [0.1, 0.15) is 0 Å². The number of nitrogens with zero attached hydrogens (tertiary/aromatic N) is 1. The van der Waals surface area contributed by atoms with Crippen LogP contribution in [0.25, 0.3) is 0 Å². The van der Waals surface area contributed by atoms with Crippen molar-refractivity contribution in [3.8, 4) is 0 Å². The second-order valence-electron chi connectivity index (χ2n) is 7.21. The third-order valence-corrected chi connectivity index (χ3v) is 5.42. The topological polar surface area (TPSA) is 104 Å². The van der Waals surface area contributed by atoms with Crippen molar-refractivity contribution in [2.45, 2.75) is 33.2 Å². The van der Waals surface area contributed by atoms with Gasteiger partial charge in [-0.3, -0.25) is 19.3 Å². The highest BCUT2D eigenvalue weighted by Gasteiger charge is 2.40. The Morgan fingerprint density at radius 2 is 1.69 bits per heavy atom. The fourth-order valence-corrected chi connectivity index (χ4v) is 3.30. The van der Waals surface area contributed by atoms with Crippen LogP contribution in [-0.2, 0) is 0 Å². The maximum atomic E-state index is 12.8. The number of imide groups is 1. The molecule has 1 aliphatic rings. The summed E-state index contributed by atoms with van der Waals surface area (Å²) < 4.78 is 0. The van der Waals surface area contributed by atoms with Crippen LogP contribution in [-0.4, -0.2) is 39.7 Å². The molecule has 3 rings (SSSR count). The third-order valence-electron chi connectivity index (χ3n) is 5.42. The third kappa shape index (κ3) is 3.76. The number of carbonyl (C=O) groups excluding carboxylic acids is 3. The van der Waals surface area contributed by atoms with Gasteiger partial charge in [-0.15, -0.1) is 0 Å². The van der Waals surface area contributed by atoms with Crippen molar-refractivity contribution < 1.29 is 24.3 Å². The van der Waals surface area contributed by atoms with Crippen LogP contribution in [0.5, 0.6) is 0 Å². The van der Waals surface area contributed by atoms with Gasteiger partial charge in [-0.1, -0.05) is 26.3 Å². The molecule has 2 unspecified atom stereocenters. The van der Waals surface area contributed by atoms with Gasteiger partial charge in [-0.2, -0.15) is 0 Å². The molecule has 0 spiro atoms. The van der Waals surface area contributed by atoms with E-state index in [-0.39, 0.29) is 40.1 Å². The summed E-state index contributed by atoms with van der Waals surface area (Å²) in [4.78, 5) is 50.4. The molecule has 150 valence electrons. The SMILES string of the molecule is CCC(C)C(C)N1C(=O)c2ccc(C(=O)Nc3cccc(C(=O)O)c3)cc2C1=O. The summed E-state index contributed by atoms with van der Waals surface area (Å²) in [6.07, 6.45) is 0.831. The Hall–Kier alpha value is -3.48. The predicted molar refractivity (Wildman–Crippen MR) is 107 cm³/mol. The van der Waals surface area contributed by atoms with Crippen molar-refractivity contribution in [3.63, 3.8) is 0 Å². The molecule has 1 heterocycles. The number of anilines is 1. The predicted octanol–water partition coefficient (Wildman–Crippen LogP) is 3.67. The number of benzene rings is 2. The zero-order chi connectivity index (χ0) is 21.3. The molecular weight excluding hydrogens is 372 g/mol. The summed E-state index contributed by atoms with van der Waals surface area (Å²) in [6.45, 7) is 5.83. The summed E-state index contributed by atoms with van der Waals surface area (Å²) >= 11 is 0. The molecule has 0 aromatic heterocycles. The molecular formula is C22H22N2O5. The van der Waals surface area contributed by atoms with E-state index in [1.165, 1.54) is 41.3 Å². The highest BCUT2D eigenvalue weighted by atomic mass is 16.4. The van der Waals surface area contributed by atoms with Gasteiger partial charge in [0.05, 0.1) is 16.7 Å². The Kier molecular flexibility index (Phi) is 5.50. The van der Waals surface area contributed by atoms with Crippen molar-refractivity contribution in [2.75, 3.05) is 5.32 Å². The van der Waals surface area contributed by atoms with Gasteiger partial charge in [0, 0.05) is 17.3 Å². The van der Waals surface area contributed by atoms with E-state index in [0.717, 1.165) is 6.42 Å². The van der Waals surface area contributed by atoms with Gasteiger partial charge in [0.15, 0.2) is 0 Å². The number of carboxylic acids is 1. The molecule has 2 aromatic carbocycles. The largest absolute Gasteiger partial charge is 0.478 e. The van der Waals surface area contributed by atoms with Crippen molar-refractivity contribution in [2.24, 2.45) is 5.92 Å². The Morgan fingerprint density at radius 3 is 2.34 bits per heavy atom. The van der Waals surface area contributed by atoms with Gasteiger partial charge >= 0.3 is 5.97 Å². The first-order valence-corrected chi connectivity index (χ1v) is 9.41. The Bertz CT molecular complexity index is 1010. The zero-order valence-corrected chi connectivity index (χ0v) is 16.4. The van der Waals surface area contributed by atoms with Crippen LogP contribution in [0.15, 0.2) is 42.5 Å². The van der Waals surface area contributed by atoms with Crippen molar-refractivity contribution in [1.82, 2.24) is 4.90 Å². The molecule has 0 bridgehead atoms. The molecule has 0 radical (unpaired) electrons. The average Bonchev–Trinajstić information content (AvgIpc) is 2.96. The zero-order valence-electron chi connectivity index (χ0n) is 16.4. The lowest BCUT2D eigenvalue weighted by molar-refractivity contribution is 0.0549. The maximum Gasteiger partial charge on any atom is 0.335 e. The molecule has 2 atom stereocenters. The lowest BCUT2D eigenvalue weighted by atomic mass is 9.99. The maximum absolute atomic E-state index is 12.8. The second kappa shape index (κ2) is 7.87. The molecule has 7 heteroatoms. The summed E-state index contributed by atoms with van der Waals surface area (Å²) in [5.74, 6) is -2.19. The second-order valence-corrected chi connectivity index (χ2v) is 7.21. The number of fused-ring (bicyclic) bond motifs is 1. The minimum Gasteiger partial charge on any atom is -0.478 e. The summed E-state index contributed by atoms with van der Waals surface area (Å²) in [5, 5.41) is 11.7. The molecule has 0 saturated carbocycles. The fourth-order valence-electron chi connectivity index (χ4n) is 3.30. The van der Waals surface area contributed by atoms with Gasteiger partial charge in [-0.05, 0) is 49.2 Å². The van der Waals surface area contributed by atoms with Crippen LogP contribution < -0.4 is 5.32 Å². The Morgan fingerprint density at radius 1 is 1.00 bits per heavy atom. The molecule has 2 N–H and O–H groups in total. The summed E-state index contributed by atoms with van der Waals surface area (Å²) in [7, 11) is 0. The fraction of sp³-hybridized carbons (Fsp3) is 0.273. The van der Waals surface area contributed by atoms with Crippen molar-refractivity contribution in [1.29, 1.82) is 0 Å². The first-order chi connectivity index (χ1) is 13.7. The number of rotatable bonds is 6. The lowest BCUT2D eigenvalue weighted by Crippen LogP contribution is -2.41. The number of nitrogens with one attached hydrogen (secondary N) is 1. The minimum absolute atomic E-state index is 0.0483. The molecule has 0 saturated heterocycles. The van der Waals surface area contributed by atoms with E-state index >= 15 is 0 Å². The van der Waals surface area contributed by atoms with Crippen LogP contribution in [0.1, 0.15) is 68.6 Å². The average molecular weight is 394 g/mol. The number of amides is 3. The van der Waals surface area contributed by atoms with E-state index in [2.05, 4.69) is 5.32 Å². The van der Waals surface area contributed by atoms with E-state index in [9.17, 15) is 19.2 Å². The minimum atomic E-state index is -1.10. The lowest BCUT2D eigenvalue weighted by Gasteiger charge is -2.27. The molecule has 0 aliphatic carbocycles. The number of hydrogen-bond acceptors (Lipinski definition) is 4. The molecule has 2 aromatic rings. The quantitative estimate of drug-likeness (QED) is 0.728. The summed E-state index contributed by atoms with van der Waals surface area (Å²) in [6, 6.07) is 10.0. The Labute approximate surface area is 168 Å². The van der Waals surface area contributed by atoms with Crippen LogP contribution >= 0.6 is 0 Å². The van der Waals surface area contributed by atoms with Crippen molar-refractivity contribution >= 4 is 29.4 Å². The monoisotopic (exact) mass is 394 g/mol.